The van der Waals surface area contributed by atoms with Gasteiger partial charge in [-0.15, -0.1) is 0 Å². The zero-order chi connectivity index (χ0) is 24.9. The molecular weight excluding hydrogens is 423 g/mol. The van der Waals surface area contributed by atoms with E-state index in [2.05, 4.69) is 0 Å². The molecule has 178 valence electrons. The molecule has 0 saturated carbocycles. The molecule has 0 aliphatic carbocycles. The summed E-state index contributed by atoms with van der Waals surface area (Å²) in [7, 11) is -1.03. The Labute approximate surface area is 188 Å². The molecule has 1 saturated heterocycles. The number of benzene rings is 1. The van der Waals surface area contributed by atoms with Crippen LogP contribution < -0.4 is 10.4 Å². The van der Waals surface area contributed by atoms with Crippen LogP contribution in [0.1, 0.15) is 69.2 Å². The quantitative estimate of drug-likeness (QED) is 0.589. The van der Waals surface area contributed by atoms with Gasteiger partial charge in [0.1, 0.15) is 28.5 Å². The van der Waals surface area contributed by atoms with Gasteiger partial charge >= 0.3 is 19.3 Å². The lowest BCUT2D eigenvalue weighted by Gasteiger charge is -2.32. The number of halogens is 2. The van der Waals surface area contributed by atoms with E-state index in [0.717, 1.165) is 12.1 Å². The third-order valence-corrected chi connectivity index (χ3v) is 4.94. The van der Waals surface area contributed by atoms with Gasteiger partial charge in [0.05, 0.1) is 11.2 Å². The van der Waals surface area contributed by atoms with Crippen molar-refractivity contribution in [1.82, 2.24) is 0 Å². The van der Waals surface area contributed by atoms with Gasteiger partial charge in [0.15, 0.2) is 0 Å². The van der Waals surface area contributed by atoms with Crippen molar-refractivity contribution in [2.24, 2.45) is 0 Å². The minimum Gasteiger partial charge on any atom is -0.443 e. The number of carbonyl (C=O) groups excluding carboxylic acids is 2. The zero-order valence-corrected chi connectivity index (χ0v) is 20.4. The lowest BCUT2D eigenvalue weighted by Crippen LogP contribution is -2.45. The number of ether oxygens (including phenoxy) is 2. The molecule has 1 aromatic carbocycles. The molecule has 2 rings (SSSR count). The third-order valence-electron chi connectivity index (χ3n) is 4.94. The van der Waals surface area contributed by atoms with Gasteiger partial charge in [-0.3, -0.25) is 0 Å². The number of amides is 2. The van der Waals surface area contributed by atoms with Crippen molar-refractivity contribution in [3.63, 3.8) is 0 Å². The highest BCUT2D eigenvalue weighted by atomic mass is 19.1. The second-order valence-corrected chi connectivity index (χ2v) is 10.7. The first-order valence-electron chi connectivity index (χ1n) is 10.3. The minimum atomic E-state index is -1.27. The SMILES string of the molecule is CC(C)(C)OC(=O)N(C(=O)OC(C)(C)C)c1c(F)cc(B2OC(C)(C)C(C)(C)O2)cc1F. The fourth-order valence-electron chi connectivity index (χ4n) is 2.79. The van der Waals surface area contributed by atoms with E-state index in [-0.39, 0.29) is 10.4 Å². The molecule has 0 atom stereocenters. The second-order valence-electron chi connectivity index (χ2n) is 10.7. The number of anilines is 1. The molecule has 0 spiro atoms. The van der Waals surface area contributed by atoms with Crippen molar-refractivity contribution < 1.29 is 37.2 Å². The molecule has 0 N–H and O–H groups in total. The van der Waals surface area contributed by atoms with Gasteiger partial charge in [-0.05, 0) is 86.8 Å². The molecule has 0 unspecified atom stereocenters. The molecule has 1 aliphatic rings. The highest BCUT2D eigenvalue weighted by Gasteiger charge is 2.52. The van der Waals surface area contributed by atoms with Gasteiger partial charge in [0.2, 0.25) is 0 Å². The molecule has 0 aromatic heterocycles. The number of rotatable bonds is 2. The smallest absolute Gasteiger partial charge is 0.443 e. The van der Waals surface area contributed by atoms with E-state index in [1.807, 2.05) is 0 Å². The number of imide groups is 1. The maximum absolute atomic E-state index is 15.2. The Morgan fingerprint density at radius 2 is 1.19 bits per heavy atom. The molecule has 0 bridgehead atoms. The summed E-state index contributed by atoms with van der Waals surface area (Å²) < 4.78 is 52.4. The standard InChI is InChI=1S/C22H32BF2NO6/c1-19(2,3)29-17(27)26(18(28)30-20(4,5)6)16-14(24)11-13(12-15(16)25)23-31-21(7,8)22(9,10)32-23/h11-12H,1-10H3. The van der Waals surface area contributed by atoms with Crippen molar-refractivity contribution >= 4 is 30.5 Å². The summed E-state index contributed by atoms with van der Waals surface area (Å²) in [5.41, 5.74) is -4.32. The van der Waals surface area contributed by atoms with Gasteiger partial charge in [0.25, 0.3) is 0 Å². The van der Waals surface area contributed by atoms with Crippen LogP contribution in [0.25, 0.3) is 0 Å². The van der Waals surface area contributed by atoms with Crippen LogP contribution in [0, 0.1) is 11.6 Å². The van der Waals surface area contributed by atoms with Gasteiger partial charge in [-0.2, -0.15) is 4.90 Å². The Morgan fingerprint density at radius 1 is 0.844 bits per heavy atom. The number of carbonyl (C=O) groups is 2. The largest absolute Gasteiger partial charge is 0.495 e. The van der Waals surface area contributed by atoms with Gasteiger partial charge < -0.3 is 18.8 Å². The molecule has 2 amide bonds. The van der Waals surface area contributed by atoms with Crippen LogP contribution in [0.15, 0.2) is 12.1 Å². The van der Waals surface area contributed by atoms with E-state index in [1.165, 1.54) is 0 Å². The van der Waals surface area contributed by atoms with Crippen LogP contribution in [0.3, 0.4) is 0 Å². The van der Waals surface area contributed by atoms with Crippen molar-refractivity contribution in [2.45, 2.75) is 91.6 Å². The molecular formula is C22H32BF2NO6. The van der Waals surface area contributed by atoms with Crippen LogP contribution in [-0.4, -0.2) is 41.7 Å². The Hall–Kier alpha value is -2.20. The minimum absolute atomic E-state index is 0.0655. The average molecular weight is 455 g/mol. The summed E-state index contributed by atoms with van der Waals surface area (Å²) in [5.74, 6) is -2.35. The first-order valence-corrected chi connectivity index (χ1v) is 10.3. The predicted molar refractivity (Wildman–Crippen MR) is 117 cm³/mol. The highest BCUT2D eigenvalue weighted by Crippen LogP contribution is 2.37. The molecule has 7 nitrogen and oxygen atoms in total. The second kappa shape index (κ2) is 8.30. The zero-order valence-electron chi connectivity index (χ0n) is 20.4. The van der Waals surface area contributed by atoms with Crippen molar-refractivity contribution in [1.29, 1.82) is 0 Å². The van der Waals surface area contributed by atoms with E-state index in [0.29, 0.717) is 0 Å². The average Bonchev–Trinajstić information content (AvgIpc) is 2.74. The Balaban J connectivity index is 2.50. The Bertz CT molecular complexity index is 838. The summed E-state index contributed by atoms with van der Waals surface area (Å²) in [6.45, 7) is 16.6. The van der Waals surface area contributed by atoms with E-state index in [1.54, 1.807) is 69.2 Å². The van der Waals surface area contributed by atoms with Crippen LogP contribution in [0.5, 0.6) is 0 Å². The van der Waals surface area contributed by atoms with Gasteiger partial charge in [0, 0.05) is 0 Å². The van der Waals surface area contributed by atoms with E-state index in [9.17, 15) is 9.59 Å². The maximum atomic E-state index is 15.2. The molecule has 10 heteroatoms. The fourth-order valence-corrected chi connectivity index (χ4v) is 2.79. The van der Waals surface area contributed by atoms with Gasteiger partial charge in [-0.25, -0.2) is 18.4 Å². The molecule has 1 fully saturated rings. The lowest BCUT2D eigenvalue weighted by molar-refractivity contribution is 0.00578. The Morgan fingerprint density at radius 3 is 1.50 bits per heavy atom. The maximum Gasteiger partial charge on any atom is 0.495 e. The monoisotopic (exact) mass is 455 g/mol. The van der Waals surface area contributed by atoms with Gasteiger partial charge in [-0.1, -0.05) is 0 Å². The van der Waals surface area contributed by atoms with E-state index < -0.39 is 59.0 Å². The van der Waals surface area contributed by atoms with Crippen LogP contribution in [-0.2, 0) is 18.8 Å². The van der Waals surface area contributed by atoms with Crippen molar-refractivity contribution in [3.8, 4) is 0 Å². The van der Waals surface area contributed by atoms with Crippen LogP contribution in [0.2, 0.25) is 0 Å². The summed E-state index contributed by atoms with van der Waals surface area (Å²) >= 11 is 0. The number of hydrogen-bond acceptors (Lipinski definition) is 6. The normalized spacial score (nSPS) is 17.8. The molecule has 32 heavy (non-hydrogen) atoms. The molecule has 1 aliphatic heterocycles. The number of hydrogen-bond donors (Lipinski definition) is 0. The van der Waals surface area contributed by atoms with E-state index >= 15 is 8.78 Å². The first kappa shape index (κ1) is 26.1. The van der Waals surface area contributed by atoms with E-state index in [4.69, 9.17) is 18.8 Å². The van der Waals surface area contributed by atoms with Crippen molar-refractivity contribution in [3.05, 3.63) is 23.8 Å². The topological polar surface area (TPSA) is 74.3 Å². The third kappa shape index (κ3) is 5.78. The van der Waals surface area contributed by atoms with Crippen molar-refractivity contribution in [2.75, 3.05) is 4.90 Å². The number of nitrogens with zero attached hydrogens (tertiary/aromatic N) is 1. The molecule has 1 aromatic rings. The lowest BCUT2D eigenvalue weighted by atomic mass is 9.79. The summed E-state index contributed by atoms with van der Waals surface area (Å²) in [4.78, 5) is 25.7. The summed E-state index contributed by atoms with van der Waals surface area (Å²) in [6, 6.07) is 1.92. The first-order chi connectivity index (χ1) is 14.2. The highest BCUT2D eigenvalue weighted by molar-refractivity contribution is 6.62. The molecule has 0 radical (unpaired) electrons. The fraction of sp³-hybridized carbons (Fsp3) is 0.636. The molecule has 1 heterocycles. The Kier molecular flexibility index (Phi) is 6.76. The van der Waals surface area contributed by atoms with Crippen LogP contribution >= 0.6 is 0 Å². The predicted octanol–water partition coefficient (Wildman–Crippen LogP) is 4.94. The van der Waals surface area contributed by atoms with Crippen LogP contribution in [0.4, 0.5) is 24.1 Å². The summed E-state index contributed by atoms with van der Waals surface area (Å²) in [6.07, 6.45) is -2.54. The summed E-state index contributed by atoms with van der Waals surface area (Å²) in [5, 5.41) is 0.